The Morgan fingerprint density at radius 2 is 1.93 bits per heavy atom. The standard InChI is InChI=1S/C19H22N4O4/c1-21-12-15(14-4-3-13(18(24)25)11-16(14)21)17(19(26)27)23-9-7-22(8-10-23)6-2-5-20/h3-4,11-12,17H,2,6-10H2,1H3,(H,24,25)(H,26,27)/t17-/m1/s1. The Bertz CT molecular complexity index is 906. The molecule has 0 bridgehead atoms. The van der Waals surface area contributed by atoms with Gasteiger partial charge in [-0.2, -0.15) is 5.26 Å². The van der Waals surface area contributed by atoms with Crippen LogP contribution >= 0.6 is 0 Å². The molecule has 2 N–H and O–H groups in total. The highest BCUT2D eigenvalue weighted by atomic mass is 16.4. The second-order valence-corrected chi connectivity index (χ2v) is 6.76. The van der Waals surface area contributed by atoms with Gasteiger partial charge in [0.2, 0.25) is 0 Å². The summed E-state index contributed by atoms with van der Waals surface area (Å²) >= 11 is 0. The van der Waals surface area contributed by atoms with Crippen LogP contribution in [0.15, 0.2) is 24.4 Å². The lowest BCUT2D eigenvalue weighted by molar-refractivity contribution is -0.144. The van der Waals surface area contributed by atoms with Crippen LogP contribution in [0.2, 0.25) is 0 Å². The number of carboxylic acids is 2. The quantitative estimate of drug-likeness (QED) is 0.793. The number of piperazine rings is 1. The fourth-order valence-corrected chi connectivity index (χ4v) is 3.71. The molecule has 8 heteroatoms. The van der Waals surface area contributed by atoms with Crippen molar-refractivity contribution in [1.82, 2.24) is 14.4 Å². The number of carbonyl (C=O) groups is 2. The molecule has 1 aliphatic heterocycles. The molecule has 0 amide bonds. The Labute approximate surface area is 156 Å². The first-order chi connectivity index (χ1) is 12.9. The first-order valence-corrected chi connectivity index (χ1v) is 8.81. The topological polar surface area (TPSA) is 110 Å². The number of hydrogen-bond acceptors (Lipinski definition) is 5. The molecule has 0 radical (unpaired) electrons. The van der Waals surface area contributed by atoms with Gasteiger partial charge in [0.05, 0.1) is 11.6 Å². The molecule has 8 nitrogen and oxygen atoms in total. The number of nitrogens with zero attached hydrogens (tertiary/aromatic N) is 4. The van der Waals surface area contributed by atoms with E-state index in [0.29, 0.717) is 37.1 Å². The molecule has 2 aromatic rings. The van der Waals surface area contributed by atoms with E-state index in [4.69, 9.17) is 5.26 Å². The maximum absolute atomic E-state index is 12.1. The number of rotatable bonds is 6. The van der Waals surface area contributed by atoms with Crippen LogP contribution in [0.25, 0.3) is 10.9 Å². The zero-order valence-electron chi connectivity index (χ0n) is 15.1. The molecule has 1 saturated heterocycles. The van der Waals surface area contributed by atoms with Gasteiger partial charge in [0.1, 0.15) is 6.04 Å². The summed E-state index contributed by atoms with van der Waals surface area (Å²) in [6, 6.07) is 6.11. The number of benzene rings is 1. The molecular weight excluding hydrogens is 348 g/mol. The average molecular weight is 370 g/mol. The summed E-state index contributed by atoms with van der Waals surface area (Å²) in [4.78, 5) is 27.4. The summed E-state index contributed by atoms with van der Waals surface area (Å²) in [6.45, 7) is 3.35. The molecule has 0 spiro atoms. The van der Waals surface area contributed by atoms with Crippen LogP contribution in [0, 0.1) is 11.3 Å². The molecule has 27 heavy (non-hydrogen) atoms. The minimum Gasteiger partial charge on any atom is -0.480 e. The fourth-order valence-electron chi connectivity index (χ4n) is 3.71. The molecule has 1 aromatic carbocycles. The Morgan fingerprint density at radius 1 is 1.22 bits per heavy atom. The molecule has 0 saturated carbocycles. The first-order valence-electron chi connectivity index (χ1n) is 8.81. The lowest BCUT2D eigenvalue weighted by atomic mass is 10.0. The minimum absolute atomic E-state index is 0.174. The first kappa shape index (κ1) is 18.9. The number of aryl methyl sites for hydroxylation is 1. The van der Waals surface area contributed by atoms with E-state index in [0.717, 1.165) is 18.5 Å². The number of fused-ring (bicyclic) bond motifs is 1. The highest BCUT2D eigenvalue weighted by Gasteiger charge is 2.32. The van der Waals surface area contributed by atoms with Crippen molar-refractivity contribution in [2.45, 2.75) is 12.5 Å². The third-order valence-corrected chi connectivity index (χ3v) is 5.11. The molecule has 0 unspecified atom stereocenters. The lowest BCUT2D eigenvalue weighted by Gasteiger charge is -2.37. The van der Waals surface area contributed by atoms with Gasteiger partial charge in [0.15, 0.2) is 0 Å². The molecule has 1 fully saturated rings. The van der Waals surface area contributed by atoms with Gasteiger partial charge in [0.25, 0.3) is 0 Å². The van der Waals surface area contributed by atoms with E-state index in [1.54, 1.807) is 29.9 Å². The predicted octanol–water partition coefficient (Wildman–Crippen LogP) is 1.53. The van der Waals surface area contributed by atoms with E-state index in [1.807, 2.05) is 4.90 Å². The van der Waals surface area contributed by atoms with Crippen molar-refractivity contribution >= 4 is 22.8 Å². The van der Waals surface area contributed by atoms with Crippen LogP contribution in [0.1, 0.15) is 28.4 Å². The minimum atomic E-state index is -1.01. The van der Waals surface area contributed by atoms with Gasteiger partial charge in [-0.3, -0.25) is 14.6 Å². The normalized spacial score (nSPS) is 16.9. The van der Waals surface area contributed by atoms with Gasteiger partial charge in [0, 0.05) is 68.9 Å². The van der Waals surface area contributed by atoms with Gasteiger partial charge in [-0.05, 0) is 12.1 Å². The van der Waals surface area contributed by atoms with Gasteiger partial charge in [-0.1, -0.05) is 6.07 Å². The summed E-state index contributed by atoms with van der Waals surface area (Å²) in [5, 5.41) is 28.6. The molecule has 1 aromatic heterocycles. The van der Waals surface area contributed by atoms with E-state index in [9.17, 15) is 19.8 Å². The third-order valence-electron chi connectivity index (χ3n) is 5.11. The van der Waals surface area contributed by atoms with Gasteiger partial charge in [-0.25, -0.2) is 4.79 Å². The molecule has 0 aliphatic carbocycles. The predicted molar refractivity (Wildman–Crippen MR) is 98.5 cm³/mol. The summed E-state index contributed by atoms with van der Waals surface area (Å²) in [6.07, 6.45) is 2.24. The highest BCUT2D eigenvalue weighted by Crippen LogP contribution is 2.31. The fraction of sp³-hybridized carbons (Fsp3) is 0.421. The molecule has 3 rings (SSSR count). The van der Waals surface area contributed by atoms with Crippen molar-refractivity contribution in [3.63, 3.8) is 0 Å². The Balaban J connectivity index is 1.89. The SMILES string of the molecule is Cn1cc([C@H](C(=O)O)N2CCN(CCC#N)CC2)c2ccc(C(=O)O)cc21. The van der Waals surface area contributed by atoms with Crippen LogP contribution in [-0.2, 0) is 11.8 Å². The Morgan fingerprint density at radius 3 is 2.52 bits per heavy atom. The third kappa shape index (κ3) is 3.79. The largest absolute Gasteiger partial charge is 0.480 e. The van der Waals surface area contributed by atoms with E-state index in [-0.39, 0.29) is 5.56 Å². The summed E-state index contributed by atoms with van der Waals surface area (Å²) < 4.78 is 1.77. The van der Waals surface area contributed by atoms with E-state index in [2.05, 4.69) is 11.0 Å². The molecule has 2 heterocycles. The number of hydrogen-bond donors (Lipinski definition) is 2. The maximum atomic E-state index is 12.1. The highest BCUT2D eigenvalue weighted by molar-refractivity contribution is 5.96. The maximum Gasteiger partial charge on any atom is 0.335 e. The zero-order valence-corrected chi connectivity index (χ0v) is 15.1. The van der Waals surface area contributed by atoms with Crippen LogP contribution in [0.5, 0.6) is 0 Å². The number of aromatic nitrogens is 1. The zero-order chi connectivity index (χ0) is 19.6. The Kier molecular flexibility index (Phi) is 5.44. The number of nitriles is 1. The number of aromatic carboxylic acids is 1. The van der Waals surface area contributed by atoms with Crippen molar-refractivity contribution in [1.29, 1.82) is 5.26 Å². The monoisotopic (exact) mass is 370 g/mol. The number of aliphatic carboxylic acids is 1. The molecule has 142 valence electrons. The smallest absolute Gasteiger partial charge is 0.335 e. The Hall–Kier alpha value is -2.89. The van der Waals surface area contributed by atoms with Gasteiger partial charge < -0.3 is 14.8 Å². The van der Waals surface area contributed by atoms with Gasteiger partial charge >= 0.3 is 11.9 Å². The second kappa shape index (κ2) is 7.78. The summed E-state index contributed by atoms with van der Waals surface area (Å²) in [7, 11) is 1.79. The lowest BCUT2D eigenvalue weighted by Crippen LogP contribution is -2.49. The van der Waals surface area contributed by atoms with Crippen molar-refractivity contribution in [3.8, 4) is 6.07 Å². The van der Waals surface area contributed by atoms with Crippen molar-refractivity contribution in [2.75, 3.05) is 32.7 Å². The van der Waals surface area contributed by atoms with Crippen LogP contribution in [-0.4, -0.2) is 69.2 Å². The summed E-state index contributed by atoms with van der Waals surface area (Å²) in [5.74, 6) is -1.93. The van der Waals surface area contributed by atoms with Crippen LogP contribution in [0.4, 0.5) is 0 Å². The number of carboxylic acid groups (broad SMARTS) is 2. The van der Waals surface area contributed by atoms with E-state index >= 15 is 0 Å². The van der Waals surface area contributed by atoms with Gasteiger partial charge in [-0.15, -0.1) is 0 Å². The van der Waals surface area contributed by atoms with E-state index in [1.165, 1.54) is 6.07 Å². The van der Waals surface area contributed by atoms with Crippen LogP contribution in [0.3, 0.4) is 0 Å². The second-order valence-electron chi connectivity index (χ2n) is 6.76. The molecule has 1 aliphatic rings. The van der Waals surface area contributed by atoms with Crippen LogP contribution < -0.4 is 0 Å². The van der Waals surface area contributed by atoms with Crippen molar-refractivity contribution in [3.05, 3.63) is 35.5 Å². The molecule has 1 atom stereocenters. The molecular formula is C19H22N4O4. The van der Waals surface area contributed by atoms with Crippen molar-refractivity contribution < 1.29 is 19.8 Å². The van der Waals surface area contributed by atoms with Crippen molar-refractivity contribution in [2.24, 2.45) is 7.05 Å². The van der Waals surface area contributed by atoms with E-state index < -0.39 is 18.0 Å². The average Bonchev–Trinajstić information content (AvgIpc) is 2.97. The summed E-state index contributed by atoms with van der Waals surface area (Å²) in [5.41, 5.74) is 1.54.